The summed E-state index contributed by atoms with van der Waals surface area (Å²) in [7, 11) is 5.16. The molecule has 1 atom stereocenters. The number of rotatable bonds is 7. The van der Waals surface area contributed by atoms with E-state index < -0.39 is 0 Å². The summed E-state index contributed by atoms with van der Waals surface area (Å²) in [6.07, 6.45) is 1.82. The normalized spacial score (nSPS) is 17.0. The molecule has 0 radical (unpaired) electrons. The standard InChI is InChI=1S/C19H26N4O3/c1-21(2)19(24)14-26-13-17-12-22(11-16-8-9-20-23(16)17)10-15-6-4-5-7-18(15)25-3/h4-9,17H,10-14H2,1-3H3/t17-/m0/s1. The van der Waals surface area contributed by atoms with E-state index in [2.05, 4.69) is 16.1 Å². The van der Waals surface area contributed by atoms with Crippen LogP contribution in [0.4, 0.5) is 0 Å². The van der Waals surface area contributed by atoms with E-state index in [1.165, 1.54) is 4.90 Å². The minimum absolute atomic E-state index is 0.0348. The number of amides is 1. The fraction of sp³-hybridized carbons (Fsp3) is 0.474. The van der Waals surface area contributed by atoms with Gasteiger partial charge in [-0.3, -0.25) is 14.4 Å². The van der Waals surface area contributed by atoms with Crippen molar-refractivity contribution in [3.8, 4) is 5.75 Å². The van der Waals surface area contributed by atoms with Crippen LogP contribution in [0.25, 0.3) is 0 Å². The maximum absolute atomic E-state index is 11.7. The van der Waals surface area contributed by atoms with Gasteiger partial charge in [-0.25, -0.2) is 0 Å². The van der Waals surface area contributed by atoms with Crippen molar-refractivity contribution >= 4 is 5.91 Å². The zero-order valence-corrected chi connectivity index (χ0v) is 15.6. The first-order valence-corrected chi connectivity index (χ1v) is 8.73. The van der Waals surface area contributed by atoms with Crippen molar-refractivity contribution < 1.29 is 14.3 Å². The van der Waals surface area contributed by atoms with Gasteiger partial charge in [0.25, 0.3) is 0 Å². The van der Waals surface area contributed by atoms with Gasteiger partial charge >= 0.3 is 0 Å². The van der Waals surface area contributed by atoms with Crippen LogP contribution < -0.4 is 4.74 Å². The third-order valence-corrected chi connectivity index (χ3v) is 4.57. The van der Waals surface area contributed by atoms with E-state index in [0.29, 0.717) is 6.61 Å². The van der Waals surface area contributed by atoms with Crippen molar-refractivity contribution in [2.24, 2.45) is 0 Å². The van der Waals surface area contributed by atoms with E-state index >= 15 is 0 Å². The zero-order valence-electron chi connectivity index (χ0n) is 15.6. The van der Waals surface area contributed by atoms with Gasteiger partial charge in [0.1, 0.15) is 12.4 Å². The van der Waals surface area contributed by atoms with Gasteiger partial charge in [0.2, 0.25) is 5.91 Å². The second kappa shape index (κ2) is 8.33. The van der Waals surface area contributed by atoms with Gasteiger partial charge in [-0.05, 0) is 12.1 Å². The third-order valence-electron chi connectivity index (χ3n) is 4.57. The molecule has 2 heterocycles. The van der Waals surface area contributed by atoms with Crippen molar-refractivity contribution in [2.75, 3.05) is 41.0 Å². The molecule has 0 saturated carbocycles. The number of nitrogens with zero attached hydrogens (tertiary/aromatic N) is 4. The molecule has 140 valence electrons. The quantitative estimate of drug-likeness (QED) is 0.752. The molecule has 3 rings (SSSR count). The maximum atomic E-state index is 11.7. The number of ether oxygens (including phenoxy) is 2. The van der Waals surface area contributed by atoms with Gasteiger partial charge in [0, 0.05) is 45.5 Å². The van der Waals surface area contributed by atoms with E-state index in [1.807, 2.05) is 35.1 Å². The number of benzene rings is 1. The van der Waals surface area contributed by atoms with Gasteiger partial charge < -0.3 is 14.4 Å². The van der Waals surface area contributed by atoms with E-state index in [4.69, 9.17) is 9.47 Å². The average Bonchev–Trinajstić information content (AvgIpc) is 3.10. The molecule has 7 nitrogen and oxygen atoms in total. The summed E-state index contributed by atoms with van der Waals surface area (Å²) in [5.41, 5.74) is 2.31. The molecular formula is C19H26N4O3. The lowest BCUT2D eigenvalue weighted by atomic mass is 10.1. The van der Waals surface area contributed by atoms with Crippen LogP contribution in [0.3, 0.4) is 0 Å². The van der Waals surface area contributed by atoms with Crippen LogP contribution in [0.15, 0.2) is 36.5 Å². The largest absolute Gasteiger partial charge is 0.496 e. The monoisotopic (exact) mass is 358 g/mol. The van der Waals surface area contributed by atoms with Crippen LogP contribution in [0.5, 0.6) is 5.75 Å². The lowest BCUT2D eigenvalue weighted by molar-refractivity contribution is -0.134. The lowest BCUT2D eigenvalue weighted by Gasteiger charge is -2.34. The highest BCUT2D eigenvalue weighted by Gasteiger charge is 2.26. The van der Waals surface area contributed by atoms with Crippen molar-refractivity contribution in [2.45, 2.75) is 19.1 Å². The van der Waals surface area contributed by atoms with Crippen molar-refractivity contribution in [1.29, 1.82) is 0 Å². The smallest absolute Gasteiger partial charge is 0.248 e. The second-order valence-electron chi connectivity index (χ2n) is 6.71. The van der Waals surface area contributed by atoms with Gasteiger partial charge in [0.15, 0.2) is 0 Å². The van der Waals surface area contributed by atoms with Crippen LogP contribution in [0.1, 0.15) is 17.3 Å². The number of likely N-dealkylation sites (N-methyl/N-ethyl adjacent to an activating group) is 1. The first-order valence-electron chi connectivity index (χ1n) is 8.73. The number of aromatic nitrogens is 2. The molecule has 0 saturated heterocycles. The molecule has 0 aliphatic carbocycles. The predicted molar refractivity (Wildman–Crippen MR) is 97.9 cm³/mol. The molecule has 0 bridgehead atoms. The molecule has 1 amide bonds. The summed E-state index contributed by atoms with van der Waals surface area (Å²) in [4.78, 5) is 15.6. The Labute approximate surface area is 154 Å². The van der Waals surface area contributed by atoms with E-state index in [-0.39, 0.29) is 18.6 Å². The molecule has 0 fully saturated rings. The summed E-state index contributed by atoms with van der Waals surface area (Å²) in [6, 6.07) is 10.2. The molecule has 26 heavy (non-hydrogen) atoms. The van der Waals surface area contributed by atoms with Crippen LogP contribution in [-0.4, -0.2) is 66.5 Å². The van der Waals surface area contributed by atoms with Gasteiger partial charge in [0.05, 0.1) is 25.5 Å². The molecule has 2 aromatic rings. The Morgan fingerprint density at radius 1 is 1.31 bits per heavy atom. The topological polar surface area (TPSA) is 59.8 Å². The van der Waals surface area contributed by atoms with Crippen molar-refractivity contribution in [3.63, 3.8) is 0 Å². The Balaban J connectivity index is 1.66. The fourth-order valence-corrected chi connectivity index (χ4v) is 3.19. The van der Waals surface area contributed by atoms with Gasteiger partial charge in [-0.2, -0.15) is 5.10 Å². The Hall–Kier alpha value is -2.38. The minimum Gasteiger partial charge on any atom is -0.496 e. The van der Waals surface area contributed by atoms with E-state index in [0.717, 1.165) is 36.6 Å². The summed E-state index contributed by atoms with van der Waals surface area (Å²) in [6.45, 7) is 2.97. The summed E-state index contributed by atoms with van der Waals surface area (Å²) >= 11 is 0. The zero-order chi connectivity index (χ0) is 18.5. The second-order valence-corrected chi connectivity index (χ2v) is 6.71. The molecule has 0 N–H and O–H groups in total. The number of methoxy groups -OCH3 is 1. The highest BCUT2D eigenvalue weighted by molar-refractivity contribution is 5.76. The number of carbonyl (C=O) groups excluding carboxylic acids is 1. The van der Waals surface area contributed by atoms with E-state index in [9.17, 15) is 4.79 Å². The van der Waals surface area contributed by atoms with Crippen LogP contribution in [-0.2, 0) is 22.6 Å². The van der Waals surface area contributed by atoms with Crippen LogP contribution in [0, 0.1) is 0 Å². The Bertz CT molecular complexity index is 744. The summed E-state index contributed by atoms with van der Waals surface area (Å²) < 4.78 is 13.1. The molecule has 0 unspecified atom stereocenters. The van der Waals surface area contributed by atoms with Crippen LogP contribution in [0.2, 0.25) is 0 Å². The number of hydrogen-bond acceptors (Lipinski definition) is 5. The third kappa shape index (κ3) is 4.23. The molecule has 1 aromatic carbocycles. The first kappa shape index (κ1) is 18.4. The van der Waals surface area contributed by atoms with E-state index in [1.54, 1.807) is 21.2 Å². The number of hydrogen-bond donors (Lipinski definition) is 0. The van der Waals surface area contributed by atoms with Gasteiger partial charge in [-0.15, -0.1) is 0 Å². The Kier molecular flexibility index (Phi) is 5.90. The molecule has 0 spiro atoms. The number of carbonyl (C=O) groups is 1. The molecule has 1 aliphatic rings. The van der Waals surface area contributed by atoms with Gasteiger partial charge in [-0.1, -0.05) is 18.2 Å². The highest BCUT2D eigenvalue weighted by atomic mass is 16.5. The molecule has 7 heteroatoms. The predicted octanol–water partition coefficient (Wildman–Crippen LogP) is 1.55. The molecule has 1 aromatic heterocycles. The van der Waals surface area contributed by atoms with Crippen LogP contribution >= 0.6 is 0 Å². The minimum atomic E-state index is -0.0348. The number of para-hydroxylation sites is 1. The summed E-state index contributed by atoms with van der Waals surface area (Å²) in [5, 5.41) is 4.44. The summed E-state index contributed by atoms with van der Waals surface area (Å²) in [5.74, 6) is 0.864. The molecule has 1 aliphatic heterocycles. The highest BCUT2D eigenvalue weighted by Crippen LogP contribution is 2.25. The first-order chi connectivity index (χ1) is 12.6. The number of fused-ring (bicyclic) bond motifs is 1. The average molecular weight is 358 g/mol. The molecular weight excluding hydrogens is 332 g/mol. The fourth-order valence-electron chi connectivity index (χ4n) is 3.19. The SMILES string of the molecule is COc1ccccc1CN1Cc2ccnn2[C@H](COCC(=O)N(C)C)C1. The van der Waals surface area contributed by atoms with Crippen molar-refractivity contribution in [3.05, 3.63) is 47.8 Å². The maximum Gasteiger partial charge on any atom is 0.248 e. The Morgan fingerprint density at radius 2 is 2.12 bits per heavy atom. The Morgan fingerprint density at radius 3 is 2.88 bits per heavy atom. The lowest BCUT2D eigenvalue weighted by Crippen LogP contribution is -2.39. The van der Waals surface area contributed by atoms with Crippen molar-refractivity contribution in [1.82, 2.24) is 19.6 Å².